The normalized spacial score (nSPS) is 11.1. The van der Waals surface area contributed by atoms with Crippen LogP contribution in [0.4, 0.5) is 0 Å². The first-order chi connectivity index (χ1) is 10.7. The Balaban J connectivity index is 2.21. The van der Waals surface area contributed by atoms with Crippen LogP contribution in [0.2, 0.25) is 0 Å². The summed E-state index contributed by atoms with van der Waals surface area (Å²) in [5, 5.41) is 2.76. The second-order valence-electron chi connectivity index (χ2n) is 4.73. The third kappa shape index (κ3) is 4.46. The molecule has 22 heavy (non-hydrogen) atoms. The fraction of sp³-hybridized carbons (Fsp3) is 0.167. The summed E-state index contributed by atoms with van der Waals surface area (Å²) >= 11 is 0. The lowest BCUT2D eigenvalue weighted by atomic mass is 10.0. The number of ether oxygens (including phenoxy) is 2. The fourth-order valence-electron chi connectivity index (χ4n) is 2.02. The van der Waals surface area contributed by atoms with Gasteiger partial charge >= 0.3 is 0 Å². The second-order valence-corrected chi connectivity index (χ2v) is 4.73. The van der Waals surface area contributed by atoms with Crippen LogP contribution in [0, 0.1) is 0 Å². The van der Waals surface area contributed by atoms with Gasteiger partial charge in [0.05, 0.1) is 5.70 Å². The number of carbonyl (C=O) groups excluding carboxylic acids is 1. The van der Waals surface area contributed by atoms with E-state index in [0.29, 0.717) is 5.70 Å². The van der Waals surface area contributed by atoms with Crippen molar-refractivity contribution >= 4 is 11.6 Å². The summed E-state index contributed by atoms with van der Waals surface area (Å²) in [7, 11) is 1.54. The molecule has 1 amide bonds. The van der Waals surface area contributed by atoms with Crippen LogP contribution < -0.4 is 5.32 Å². The summed E-state index contributed by atoms with van der Waals surface area (Å²) < 4.78 is 10.0. The Bertz CT molecular complexity index is 633. The Morgan fingerprint density at radius 1 is 1.05 bits per heavy atom. The molecule has 0 atom stereocenters. The number of methoxy groups -OCH3 is 1. The van der Waals surface area contributed by atoms with Gasteiger partial charge in [-0.2, -0.15) is 0 Å². The summed E-state index contributed by atoms with van der Waals surface area (Å²) in [6.45, 7) is 1.59. The molecule has 4 nitrogen and oxygen atoms in total. The number of amides is 1. The molecule has 2 aromatic rings. The van der Waals surface area contributed by atoms with E-state index in [1.54, 1.807) is 7.11 Å². The van der Waals surface area contributed by atoms with Crippen molar-refractivity contribution in [2.24, 2.45) is 0 Å². The second kappa shape index (κ2) is 8.00. The largest absolute Gasteiger partial charge is 0.473 e. The van der Waals surface area contributed by atoms with Gasteiger partial charge < -0.3 is 14.8 Å². The summed E-state index contributed by atoms with van der Waals surface area (Å²) in [5.41, 5.74) is 3.73. The minimum atomic E-state index is -0.153. The molecule has 2 aromatic carbocycles. The van der Waals surface area contributed by atoms with Crippen molar-refractivity contribution in [1.29, 1.82) is 0 Å². The fourth-order valence-corrected chi connectivity index (χ4v) is 2.02. The Hall–Kier alpha value is -2.59. The number of carbonyl (C=O) groups is 1. The standard InChI is InChI=1S/C18H19NO3/c1-14(20)19-18(12-22-13-21-2)17-10-8-16(9-11-17)15-6-4-3-5-7-15/h3-12H,13H2,1-2H3,(H,19,20)/b18-12-. The highest BCUT2D eigenvalue weighted by atomic mass is 16.7. The van der Waals surface area contributed by atoms with E-state index in [4.69, 9.17) is 9.47 Å². The van der Waals surface area contributed by atoms with E-state index in [1.807, 2.05) is 42.5 Å². The molecule has 114 valence electrons. The minimum Gasteiger partial charge on any atom is -0.473 e. The highest BCUT2D eigenvalue weighted by molar-refractivity contribution is 5.85. The molecule has 0 saturated carbocycles. The lowest BCUT2D eigenvalue weighted by Crippen LogP contribution is -2.18. The summed E-state index contributed by atoms with van der Waals surface area (Å²) in [6, 6.07) is 18.0. The summed E-state index contributed by atoms with van der Waals surface area (Å²) in [5.74, 6) is -0.153. The molecule has 0 saturated heterocycles. The molecule has 2 rings (SSSR count). The van der Waals surface area contributed by atoms with Crippen molar-refractivity contribution in [3.05, 3.63) is 66.4 Å². The van der Waals surface area contributed by atoms with Gasteiger partial charge in [0.2, 0.25) is 5.91 Å². The van der Waals surface area contributed by atoms with Crippen LogP contribution >= 0.6 is 0 Å². The van der Waals surface area contributed by atoms with E-state index in [2.05, 4.69) is 17.4 Å². The SMILES string of the molecule is COCO/C=C(\NC(C)=O)c1ccc(-c2ccccc2)cc1. The number of hydrogen-bond donors (Lipinski definition) is 1. The van der Waals surface area contributed by atoms with Gasteiger partial charge in [-0.25, -0.2) is 0 Å². The van der Waals surface area contributed by atoms with Crippen molar-refractivity contribution in [3.8, 4) is 11.1 Å². The zero-order chi connectivity index (χ0) is 15.8. The summed E-state index contributed by atoms with van der Waals surface area (Å²) in [6.07, 6.45) is 1.49. The molecule has 0 aliphatic carbocycles. The number of benzene rings is 2. The minimum absolute atomic E-state index is 0.130. The average Bonchev–Trinajstić information content (AvgIpc) is 2.55. The van der Waals surface area contributed by atoms with E-state index in [0.717, 1.165) is 16.7 Å². The lowest BCUT2D eigenvalue weighted by Gasteiger charge is -2.10. The van der Waals surface area contributed by atoms with Crippen molar-refractivity contribution in [2.45, 2.75) is 6.92 Å². The van der Waals surface area contributed by atoms with E-state index in [1.165, 1.54) is 13.2 Å². The quantitative estimate of drug-likeness (QED) is 0.505. The molecule has 4 heteroatoms. The van der Waals surface area contributed by atoms with Crippen LogP contribution in [0.5, 0.6) is 0 Å². The van der Waals surface area contributed by atoms with Crippen LogP contribution in [-0.4, -0.2) is 19.8 Å². The highest BCUT2D eigenvalue weighted by Gasteiger charge is 2.05. The molecule has 1 N–H and O–H groups in total. The number of rotatable bonds is 6. The monoisotopic (exact) mass is 297 g/mol. The van der Waals surface area contributed by atoms with Gasteiger partial charge in [0.15, 0.2) is 6.79 Å². The Morgan fingerprint density at radius 3 is 2.27 bits per heavy atom. The number of nitrogens with one attached hydrogen (secondary N) is 1. The van der Waals surface area contributed by atoms with Gasteiger partial charge in [0.1, 0.15) is 6.26 Å². The molecular formula is C18H19NO3. The molecule has 0 bridgehead atoms. The van der Waals surface area contributed by atoms with Crippen LogP contribution in [0.1, 0.15) is 12.5 Å². The van der Waals surface area contributed by atoms with Gasteiger partial charge in [-0.3, -0.25) is 4.79 Å². The number of hydrogen-bond acceptors (Lipinski definition) is 3. The van der Waals surface area contributed by atoms with Crippen molar-refractivity contribution in [1.82, 2.24) is 5.32 Å². The maximum Gasteiger partial charge on any atom is 0.221 e. The van der Waals surface area contributed by atoms with Crippen molar-refractivity contribution < 1.29 is 14.3 Å². The van der Waals surface area contributed by atoms with Gasteiger partial charge in [0, 0.05) is 19.6 Å². The third-order valence-corrected chi connectivity index (χ3v) is 3.00. The molecule has 0 unspecified atom stereocenters. The van der Waals surface area contributed by atoms with Gasteiger partial charge in [-0.05, 0) is 11.1 Å². The first kappa shape index (κ1) is 15.8. The van der Waals surface area contributed by atoms with Crippen molar-refractivity contribution in [2.75, 3.05) is 13.9 Å². The molecule has 0 aromatic heterocycles. The predicted octanol–water partition coefficient (Wildman–Crippen LogP) is 3.41. The maximum atomic E-state index is 11.3. The van der Waals surface area contributed by atoms with E-state index < -0.39 is 0 Å². The first-order valence-corrected chi connectivity index (χ1v) is 6.95. The third-order valence-electron chi connectivity index (χ3n) is 3.00. The average molecular weight is 297 g/mol. The summed E-state index contributed by atoms with van der Waals surface area (Å²) in [4.78, 5) is 11.3. The lowest BCUT2D eigenvalue weighted by molar-refractivity contribution is -0.117. The van der Waals surface area contributed by atoms with Crippen LogP contribution in [0.15, 0.2) is 60.9 Å². The smallest absolute Gasteiger partial charge is 0.221 e. The molecule has 0 heterocycles. The zero-order valence-corrected chi connectivity index (χ0v) is 12.7. The zero-order valence-electron chi connectivity index (χ0n) is 12.7. The van der Waals surface area contributed by atoms with Gasteiger partial charge in [-0.1, -0.05) is 54.6 Å². The van der Waals surface area contributed by atoms with E-state index in [-0.39, 0.29) is 12.7 Å². The van der Waals surface area contributed by atoms with E-state index >= 15 is 0 Å². The topological polar surface area (TPSA) is 47.6 Å². The van der Waals surface area contributed by atoms with Gasteiger partial charge in [0.25, 0.3) is 0 Å². The van der Waals surface area contributed by atoms with Crippen molar-refractivity contribution in [3.63, 3.8) is 0 Å². The van der Waals surface area contributed by atoms with Gasteiger partial charge in [-0.15, -0.1) is 0 Å². The highest BCUT2D eigenvalue weighted by Crippen LogP contribution is 2.21. The molecular weight excluding hydrogens is 278 g/mol. The molecule has 0 radical (unpaired) electrons. The first-order valence-electron chi connectivity index (χ1n) is 6.95. The maximum absolute atomic E-state index is 11.3. The Kier molecular flexibility index (Phi) is 5.74. The Morgan fingerprint density at radius 2 is 1.68 bits per heavy atom. The van der Waals surface area contributed by atoms with E-state index in [9.17, 15) is 4.79 Å². The molecule has 0 spiro atoms. The molecule has 0 aliphatic rings. The predicted molar refractivity (Wildman–Crippen MR) is 86.6 cm³/mol. The molecule has 0 aliphatic heterocycles. The van der Waals surface area contributed by atoms with Crippen LogP contribution in [0.3, 0.4) is 0 Å². The van der Waals surface area contributed by atoms with Crippen LogP contribution in [-0.2, 0) is 14.3 Å². The molecule has 0 fully saturated rings. The van der Waals surface area contributed by atoms with Crippen LogP contribution in [0.25, 0.3) is 16.8 Å². The Labute approximate surface area is 130 Å².